The van der Waals surface area contributed by atoms with Gasteiger partial charge in [0.1, 0.15) is 5.75 Å². The molecule has 0 aliphatic heterocycles. The minimum atomic E-state index is -0.197. The molecule has 0 spiro atoms. The lowest BCUT2D eigenvalue weighted by Gasteiger charge is -2.05. The van der Waals surface area contributed by atoms with Gasteiger partial charge in [-0.1, -0.05) is 54.6 Å². The number of carbonyl (C=O) groups excluding carboxylic acids is 1. The van der Waals surface area contributed by atoms with E-state index < -0.39 is 0 Å². The Morgan fingerprint density at radius 3 is 2.48 bits per heavy atom. The summed E-state index contributed by atoms with van der Waals surface area (Å²) in [6.07, 6.45) is 6.89. The first-order valence-electron chi connectivity index (χ1n) is 6.82. The fourth-order valence-electron chi connectivity index (χ4n) is 2.11. The van der Waals surface area contributed by atoms with Gasteiger partial charge in [0.05, 0.1) is 5.56 Å². The summed E-state index contributed by atoms with van der Waals surface area (Å²) < 4.78 is 0. The summed E-state index contributed by atoms with van der Waals surface area (Å²) in [5.74, 6) is -0.140. The average Bonchev–Trinajstić information content (AvgIpc) is 2.48. The zero-order valence-electron chi connectivity index (χ0n) is 12.2. The standard InChI is InChI=1S/C19H18O2/c1-14-12-15(2)19(21)17(13-14)18(20)11-7-6-10-16-8-4-3-5-9-16/h3-13,21H,1-2H3. The summed E-state index contributed by atoms with van der Waals surface area (Å²) >= 11 is 0. The van der Waals surface area contributed by atoms with Crippen LogP contribution in [0.5, 0.6) is 5.75 Å². The number of aryl methyl sites for hydroxylation is 2. The van der Waals surface area contributed by atoms with Gasteiger partial charge >= 0.3 is 0 Å². The summed E-state index contributed by atoms with van der Waals surface area (Å²) in [6.45, 7) is 3.69. The fourth-order valence-corrected chi connectivity index (χ4v) is 2.11. The molecule has 2 rings (SSSR count). The minimum Gasteiger partial charge on any atom is -0.507 e. The lowest BCUT2D eigenvalue weighted by atomic mass is 10.0. The largest absolute Gasteiger partial charge is 0.507 e. The summed E-state index contributed by atoms with van der Waals surface area (Å²) in [7, 11) is 0. The quantitative estimate of drug-likeness (QED) is 0.509. The van der Waals surface area contributed by atoms with Crippen LogP contribution in [-0.4, -0.2) is 10.9 Å². The maximum absolute atomic E-state index is 12.1. The van der Waals surface area contributed by atoms with Crippen molar-refractivity contribution in [1.82, 2.24) is 0 Å². The normalized spacial score (nSPS) is 11.3. The lowest BCUT2D eigenvalue weighted by Crippen LogP contribution is -1.97. The van der Waals surface area contributed by atoms with Crippen LogP contribution in [0.2, 0.25) is 0 Å². The monoisotopic (exact) mass is 278 g/mol. The molecule has 0 aliphatic rings. The highest BCUT2D eigenvalue weighted by Gasteiger charge is 2.10. The second kappa shape index (κ2) is 6.71. The van der Waals surface area contributed by atoms with E-state index in [1.807, 2.05) is 55.5 Å². The van der Waals surface area contributed by atoms with Crippen molar-refractivity contribution in [2.45, 2.75) is 13.8 Å². The van der Waals surface area contributed by atoms with E-state index in [9.17, 15) is 9.90 Å². The zero-order valence-corrected chi connectivity index (χ0v) is 12.2. The van der Waals surface area contributed by atoms with Gasteiger partial charge < -0.3 is 5.11 Å². The molecule has 0 fully saturated rings. The van der Waals surface area contributed by atoms with Crippen molar-refractivity contribution in [2.24, 2.45) is 0 Å². The van der Waals surface area contributed by atoms with Crippen LogP contribution < -0.4 is 0 Å². The molecule has 21 heavy (non-hydrogen) atoms. The predicted octanol–water partition coefficient (Wildman–Crippen LogP) is 4.46. The third-order valence-corrected chi connectivity index (χ3v) is 3.16. The van der Waals surface area contributed by atoms with Gasteiger partial charge in [-0.05, 0) is 42.7 Å². The maximum atomic E-state index is 12.1. The van der Waals surface area contributed by atoms with Gasteiger partial charge in [0.25, 0.3) is 0 Å². The number of rotatable bonds is 4. The molecule has 0 radical (unpaired) electrons. The van der Waals surface area contributed by atoms with Crippen LogP contribution in [0.25, 0.3) is 6.08 Å². The van der Waals surface area contributed by atoms with Gasteiger partial charge in [0.15, 0.2) is 5.78 Å². The predicted molar refractivity (Wildman–Crippen MR) is 86.5 cm³/mol. The van der Waals surface area contributed by atoms with E-state index in [4.69, 9.17) is 0 Å². The Kier molecular flexibility index (Phi) is 4.72. The SMILES string of the molecule is Cc1cc(C)c(O)c(C(=O)C=CC=Cc2ccccc2)c1. The van der Waals surface area contributed by atoms with Gasteiger partial charge in [-0.15, -0.1) is 0 Å². The average molecular weight is 278 g/mol. The molecule has 106 valence electrons. The molecule has 0 saturated heterocycles. The molecule has 2 heteroatoms. The van der Waals surface area contributed by atoms with Crippen LogP contribution in [0.1, 0.15) is 27.0 Å². The highest BCUT2D eigenvalue weighted by molar-refractivity contribution is 6.07. The van der Waals surface area contributed by atoms with Crippen molar-refractivity contribution in [3.8, 4) is 5.75 Å². The summed E-state index contributed by atoms with van der Waals surface area (Å²) in [5, 5.41) is 9.95. The second-order valence-corrected chi connectivity index (χ2v) is 4.97. The summed E-state index contributed by atoms with van der Waals surface area (Å²) in [4.78, 5) is 12.1. The van der Waals surface area contributed by atoms with Crippen molar-refractivity contribution in [3.05, 3.63) is 82.9 Å². The van der Waals surface area contributed by atoms with Crippen LogP contribution in [-0.2, 0) is 0 Å². The van der Waals surface area contributed by atoms with E-state index >= 15 is 0 Å². The van der Waals surface area contributed by atoms with Gasteiger partial charge in [0, 0.05) is 0 Å². The maximum Gasteiger partial charge on any atom is 0.189 e. The molecule has 0 heterocycles. The van der Waals surface area contributed by atoms with E-state index in [0.29, 0.717) is 11.1 Å². The van der Waals surface area contributed by atoms with Gasteiger partial charge in [-0.2, -0.15) is 0 Å². The van der Waals surface area contributed by atoms with Crippen molar-refractivity contribution in [3.63, 3.8) is 0 Å². The Labute approximate surface area is 125 Å². The van der Waals surface area contributed by atoms with Crippen molar-refractivity contribution < 1.29 is 9.90 Å². The molecular formula is C19H18O2. The van der Waals surface area contributed by atoms with Gasteiger partial charge in [0.2, 0.25) is 0 Å². The van der Waals surface area contributed by atoms with Crippen molar-refractivity contribution in [1.29, 1.82) is 0 Å². The van der Waals surface area contributed by atoms with Crippen molar-refractivity contribution in [2.75, 3.05) is 0 Å². The molecule has 0 aromatic heterocycles. The summed E-state index contributed by atoms with van der Waals surface area (Å²) in [6, 6.07) is 13.4. The van der Waals surface area contributed by atoms with E-state index in [2.05, 4.69) is 0 Å². The van der Waals surface area contributed by atoms with E-state index in [1.165, 1.54) is 6.08 Å². The molecule has 2 aromatic rings. The third kappa shape index (κ3) is 3.93. The number of carbonyl (C=O) groups is 1. The Bertz CT molecular complexity index is 695. The second-order valence-electron chi connectivity index (χ2n) is 4.97. The van der Waals surface area contributed by atoms with Crippen LogP contribution in [0.4, 0.5) is 0 Å². The van der Waals surface area contributed by atoms with E-state index in [1.54, 1.807) is 19.1 Å². The number of hydrogen-bond donors (Lipinski definition) is 1. The minimum absolute atomic E-state index is 0.0577. The number of aromatic hydroxyl groups is 1. The molecular weight excluding hydrogens is 260 g/mol. The van der Waals surface area contributed by atoms with Crippen LogP contribution in [0.3, 0.4) is 0 Å². The molecule has 2 nitrogen and oxygen atoms in total. The molecule has 2 aromatic carbocycles. The molecule has 0 bridgehead atoms. The number of phenolic OH excluding ortho intramolecular Hbond substituents is 1. The van der Waals surface area contributed by atoms with Crippen molar-refractivity contribution >= 4 is 11.9 Å². The Morgan fingerprint density at radius 2 is 1.76 bits per heavy atom. The number of phenols is 1. The first-order valence-corrected chi connectivity index (χ1v) is 6.82. The molecule has 0 aliphatic carbocycles. The summed E-state index contributed by atoms with van der Waals surface area (Å²) in [5.41, 5.74) is 3.09. The first-order chi connectivity index (χ1) is 10.1. The fraction of sp³-hybridized carbons (Fsp3) is 0.105. The zero-order chi connectivity index (χ0) is 15.2. The van der Waals surface area contributed by atoms with Gasteiger partial charge in [-0.25, -0.2) is 0 Å². The number of ketones is 1. The molecule has 0 saturated carbocycles. The molecule has 0 unspecified atom stereocenters. The Morgan fingerprint density at radius 1 is 1.05 bits per heavy atom. The van der Waals surface area contributed by atoms with Gasteiger partial charge in [-0.3, -0.25) is 4.79 Å². The molecule has 1 N–H and O–H groups in total. The smallest absolute Gasteiger partial charge is 0.189 e. The van der Waals surface area contributed by atoms with E-state index in [-0.39, 0.29) is 11.5 Å². The topological polar surface area (TPSA) is 37.3 Å². The Balaban J connectivity index is 2.12. The van der Waals surface area contributed by atoms with Crippen LogP contribution >= 0.6 is 0 Å². The highest BCUT2D eigenvalue weighted by Crippen LogP contribution is 2.24. The lowest BCUT2D eigenvalue weighted by molar-refractivity contribution is 0.104. The molecule has 0 amide bonds. The number of allylic oxidation sites excluding steroid dienone is 3. The van der Waals surface area contributed by atoms with E-state index in [0.717, 1.165) is 11.1 Å². The first kappa shape index (κ1) is 14.8. The molecule has 0 atom stereocenters. The Hall–Kier alpha value is -2.61. The van der Waals surface area contributed by atoms with Crippen LogP contribution in [0.15, 0.2) is 60.7 Å². The van der Waals surface area contributed by atoms with Crippen LogP contribution in [0, 0.1) is 13.8 Å². The highest BCUT2D eigenvalue weighted by atomic mass is 16.3. The third-order valence-electron chi connectivity index (χ3n) is 3.16. The number of benzene rings is 2. The number of hydrogen-bond acceptors (Lipinski definition) is 2.